The second-order valence-electron chi connectivity index (χ2n) is 11.8. The molecule has 0 aliphatic carbocycles. The molecule has 6 heteroatoms. The van der Waals surface area contributed by atoms with Crippen molar-refractivity contribution in [3.63, 3.8) is 0 Å². The molecule has 5 rings (SSSR count). The van der Waals surface area contributed by atoms with Crippen LogP contribution in [0, 0.1) is 36.7 Å². The van der Waals surface area contributed by atoms with Gasteiger partial charge in [0.25, 0.3) is 0 Å². The van der Waals surface area contributed by atoms with E-state index < -0.39 is 43.5 Å². The van der Waals surface area contributed by atoms with E-state index in [1.807, 2.05) is 0 Å². The van der Waals surface area contributed by atoms with Gasteiger partial charge in [-0.2, -0.15) is 13.2 Å². The molecule has 0 saturated carbocycles. The molecule has 0 fully saturated rings. The first-order valence-corrected chi connectivity index (χ1v) is 14.1. The molecular formula is C40H41F3IrN2-2. The van der Waals surface area contributed by atoms with Gasteiger partial charge in [-0.15, -0.1) is 71.3 Å². The molecule has 0 atom stereocenters. The first-order chi connectivity index (χ1) is 25.9. The van der Waals surface area contributed by atoms with Gasteiger partial charge in [-0.25, -0.2) is 0 Å². The Hall–Kier alpha value is -3.60. The molecule has 243 valence electrons. The van der Waals surface area contributed by atoms with Crippen LogP contribution < -0.4 is 0 Å². The maximum absolute atomic E-state index is 13.1. The average Bonchev–Trinajstić information content (AvgIpc) is 3.10. The van der Waals surface area contributed by atoms with Gasteiger partial charge in [0.2, 0.25) is 0 Å². The molecule has 0 amide bonds. The Bertz CT molecular complexity index is 2180. The third-order valence-corrected chi connectivity index (χ3v) is 6.43. The van der Waals surface area contributed by atoms with Gasteiger partial charge in [0, 0.05) is 46.2 Å². The summed E-state index contributed by atoms with van der Waals surface area (Å²) in [4.78, 5) is 8.29. The van der Waals surface area contributed by atoms with Crippen LogP contribution in [-0.4, -0.2) is 16.1 Å². The van der Waals surface area contributed by atoms with E-state index in [0.717, 1.165) is 20.0 Å². The topological polar surface area (TPSA) is 25.8 Å². The summed E-state index contributed by atoms with van der Waals surface area (Å²) in [5.41, 5.74) is -2.96. The van der Waals surface area contributed by atoms with Crippen LogP contribution >= 0.6 is 0 Å². The van der Waals surface area contributed by atoms with Crippen LogP contribution in [0.15, 0.2) is 97.3 Å². The fourth-order valence-corrected chi connectivity index (χ4v) is 4.11. The van der Waals surface area contributed by atoms with Crippen LogP contribution in [0.2, 0.25) is 0 Å². The maximum atomic E-state index is 13.1. The number of nitrogens with zero attached hydrogens (tertiary/aromatic N) is 2. The van der Waals surface area contributed by atoms with Crippen molar-refractivity contribution in [3.8, 4) is 33.6 Å². The van der Waals surface area contributed by atoms with Gasteiger partial charge < -0.3 is 9.97 Å². The summed E-state index contributed by atoms with van der Waals surface area (Å²) in [6.45, 7) is 1.17. The zero-order valence-electron chi connectivity index (χ0n) is 37.9. The van der Waals surface area contributed by atoms with Crippen molar-refractivity contribution in [2.24, 2.45) is 10.8 Å². The molecule has 0 N–H and O–H groups in total. The van der Waals surface area contributed by atoms with Crippen LogP contribution in [-0.2, 0) is 32.9 Å². The maximum Gasteiger partial charge on any atom is 0.393 e. The quantitative estimate of drug-likeness (QED) is 0.160. The van der Waals surface area contributed by atoms with Gasteiger partial charge >= 0.3 is 6.18 Å². The molecule has 0 bridgehead atoms. The Morgan fingerprint density at radius 2 is 1.52 bits per heavy atom. The summed E-state index contributed by atoms with van der Waals surface area (Å²) in [5.74, 6) is 0. The Morgan fingerprint density at radius 3 is 2.11 bits per heavy atom. The molecule has 2 nitrogen and oxygen atoms in total. The largest absolute Gasteiger partial charge is 0.393 e. The number of halogens is 3. The molecule has 2 aromatic heterocycles. The van der Waals surface area contributed by atoms with E-state index in [4.69, 9.17) is 16.4 Å². The number of aromatic nitrogens is 2. The second-order valence-corrected chi connectivity index (χ2v) is 11.8. The van der Waals surface area contributed by atoms with Crippen LogP contribution in [0.3, 0.4) is 0 Å². The van der Waals surface area contributed by atoms with Crippen molar-refractivity contribution in [1.29, 1.82) is 0 Å². The van der Waals surface area contributed by atoms with Crippen molar-refractivity contribution < 1.29 is 49.7 Å². The summed E-state index contributed by atoms with van der Waals surface area (Å²) in [6, 6.07) is 23.5. The molecule has 1 radical (unpaired) electrons. The van der Waals surface area contributed by atoms with E-state index in [1.165, 1.54) is 30.3 Å². The summed E-state index contributed by atoms with van der Waals surface area (Å²) >= 11 is 0. The minimum Gasteiger partial charge on any atom is -0.305 e. The zero-order chi connectivity index (χ0) is 43.2. The number of aryl methyl sites for hydroxylation is 2. The predicted octanol–water partition coefficient (Wildman–Crippen LogP) is 11.1. The standard InChI is InChI=1S/C24H26N.C16H15F3N.Ir/c1-17-13-19(15-24(3,4)5)11-12-21(17)22-14-23(25-16-18(22)2)20-9-7-6-8-10-20;1-15(2,16(17,18)19)11-12-6-8-13(9-7-12)14-5-3-4-10-20-14;/h6-9,11-14,16H,15H2,1-5H3;3-8,10H,11H2,1-2H3;/q2*-1;/i1D3,2D3,12D,14D,15D2;11D2;. The summed E-state index contributed by atoms with van der Waals surface area (Å²) in [7, 11) is 0. The fraction of sp³-hybridized carbons (Fsp3) is 0.300. The van der Waals surface area contributed by atoms with Crippen molar-refractivity contribution in [2.75, 3.05) is 0 Å². The van der Waals surface area contributed by atoms with Crippen LogP contribution in [0.25, 0.3) is 33.6 Å². The molecule has 2 heterocycles. The van der Waals surface area contributed by atoms with Crippen molar-refractivity contribution in [1.82, 2.24) is 9.97 Å². The minimum absolute atomic E-state index is 0. The number of alkyl halides is 3. The van der Waals surface area contributed by atoms with Gasteiger partial charge in [0.05, 0.1) is 8.16 Å². The third-order valence-electron chi connectivity index (χ3n) is 6.43. The van der Waals surface area contributed by atoms with Gasteiger partial charge in [0.1, 0.15) is 0 Å². The summed E-state index contributed by atoms with van der Waals surface area (Å²) in [5, 5.41) is 0. The molecule has 0 spiro atoms. The Labute approximate surface area is 302 Å². The van der Waals surface area contributed by atoms with Crippen molar-refractivity contribution in [2.45, 2.75) is 67.2 Å². The van der Waals surface area contributed by atoms with Crippen molar-refractivity contribution >= 4 is 0 Å². The molecule has 0 saturated heterocycles. The zero-order valence-corrected chi connectivity index (χ0v) is 28.3. The minimum atomic E-state index is -4.66. The first-order valence-electron chi connectivity index (χ1n) is 20.1. The van der Waals surface area contributed by atoms with E-state index >= 15 is 0 Å². The fourth-order valence-electron chi connectivity index (χ4n) is 4.11. The van der Waals surface area contributed by atoms with Gasteiger partial charge in [-0.05, 0) is 77.1 Å². The Kier molecular flexibility index (Phi) is 7.61. The normalized spacial score (nSPS) is 16.7. The molecule has 0 unspecified atom stereocenters. The van der Waals surface area contributed by atoms with Crippen LogP contribution in [0.4, 0.5) is 13.2 Å². The Morgan fingerprint density at radius 1 is 0.783 bits per heavy atom. The van der Waals surface area contributed by atoms with Gasteiger partial charge in [0.15, 0.2) is 0 Å². The Balaban J connectivity index is 0.000000337. The van der Waals surface area contributed by atoms with Crippen molar-refractivity contribution in [3.05, 3.63) is 132 Å². The van der Waals surface area contributed by atoms with E-state index in [2.05, 4.69) is 22.1 Å². The molecule has 5 aromatic rings. The number of pyridine rings is 2. The average molecular weight is 811 g/mol. The number of hydrogen-bond acceptors (Lipinski definition) is 2. The molecular weight excluding hydrogens is 758 g/mol. The molecule has 0 aliphatic heterocycles. The van der Waals surface area contributed by atoms with E-state index in [9.17, 15) is 13.2 Å². The van der Waals surface area contributed by atoms with E-state index in [1.54, 1.807) is 69.4 Å². The molecule has 3 aromatic carbocycles. The predicted molar refractivity (Wildman–Crippen MR) is 179 cm³/mol. The van der Waals surface area contributed by atoms with Gasteiger partial charge in [-0.1, -0.05) is 71.0 Å². The smallest absolute Gasteiger partial charge is 0.305 e. The number of hydrogen-bond donors (Lipinski definition) is 0. The monoisotopic (exact) mass is 811 g/mol. The summed E-state index contributed by atoms with van der Waals surface area (Å²) < 4.78 is 138. The molecule has 46 heavy (non-hydrogen) atoms. The SMILES string of the molecule is [2H]C([2H])(c1c[c-]c(-c2ccccn2)cc1)C(C)(C)C(F)(F)F.[2H]c1cc(C([2H])([2H])C(C)(C)C)cc(C([2H])([2H])[2H])c1-c1c(C([2H])([2H])[2H])cnc(-c2[c-]cccc2)c1[2H].[Ir]. The van der Waals surface area contributed by atoms with Crippen LogP contribution in [0.1, 0.15) is 73.3 Å². The number of rotatable bonds is 6. The summed E-state index contributed by atoms with van der Waals surface area (Å²) in [6.07, 6.45) is -6.52. The molecule has 0 aliphatic rings. The first kappa shape index (κ1) is 22.8. The van der Waals surface area contributed by atoms with E-state index in [-0.39, 0.29) is 71.3 Å². The van der Waals surface area contributed by atoms with Crippen LogP contribution in [0.5, 0.6) is 0 Å². The second kappa shape index (κ2) is 15.3. The van der Waals surface area contributed by atoms with Gasteiger partial charge in [-0.3, -0.25) is 0 Å². The number of benzene rings is 3. The van der Waals surface area contributed by atoms with E-state index in [0.29, 0.717) is 16.8 Å². The third kappa shape index (κ3) is 9.95.